The van der Waals surface area contributed by atoms with Crippen LogP contribution < -0.4 is 5.32 Å². The quantitative estimate of drug-likeness (QED) is 0.846. The summed E-state index contributed by atoms with van der Waals surface area (Å²) in [6.45, 7) is 4.37. The van der Waals surface area contributed by atoms with Crippen molar-refractivity contribution >= 4 is 23.3 Å². The van der Waals surface area contributed by atoms with E-state index in [4.69, 9.17) is 0 Å². The van der Waals surface area contributed by atoms with Crippen molar-refractivity contribution in [2.45, 2.75) is 38.5 Å². The summed E-state index contributed by atoms with van der Waals surface area (Å²) >= 11 is 1.62. The summed E-state index contributed by atoms with van der Waals surface area (Å²) in [5, 5.41) is 3.07. The van der Waals surface area contributed by atoms with Gasteiger partial charge < -0.3 is 10.2 Å². The van der Waals surface area contributed by atoms with Crippen LogP contribution >= 0.6 is 11.3 Å². The van der Waals surface area contributed by atoms with Gasteiger partial charge in [0, 0.05) is 11.4 Å². The number of nitrogens with one attached hydrogen (secondary N) is 1. The average molecular weight is 304 g/mol. The van der Waals surface area contributed by atoms with Gasteiger partial charge in [0.2, 0.25) is 0 Å². The zero-order chi connectivity index (χ0) is 14.5. The number of amides is 1. The van der Waals surface area contributed by atoms with Crippen LogP contribution in [0, 0.1) is 0 Å². The highest BCUT2D eigenvalue weighted by Crippen LogP contribution is 2.28. The van der Waals surface area contributed by atoms with Gasteiger partial charge in [0.25, 0.3) is 5.91 Å². The molecule has 0 saturated carbocycles. The summed E-state index contributed by atoms with van der Waals surface area (Å²) < 4.78 is 0. The molecule has 0 radical (unpaired) electrons. The molecule has 0 unspecified atom stereocenters. The Morgan fingerprint density at radius 1 is 1.29 bits per heavy atom. The molecule has 1 N–H and O–H groups in total. The van der Waals surface area contributed by atoms with Crippen LogP contribution in [0.25, 0.3) is 6.08 Å². The molecular formula is C17H24N2OS. The lowest BCUT2D eigenvalue weighted by molar-refractivity contribution is 0.0955. The van der Waals surface area contributed by atoms with Crippen LogP contribution in [0.5, 0.6) is 0 Å². The number of likely N-dealkylation sites (tertiary alicyclic amines) is 1. The van der Waals surface area contributed by atoms with Crippen LogP contribution in [0.2, 0.25) is 0 Å². The molecule has 1 saturated heterocycles. The number of carbonyl (C=O) groups excluding carboxylic acids is 1. The van der Waals surface area contributed by atoms with Gasteiger partial charge in [-0.1, -0.05) is 12.5 Å². The molecule has 3 rings (SSSR count). The van der Waals surface area contributed by atoms with Crippen molar-refractivity contribution in [3.8, 4) is 0 Å². The van der Waals surface area contributed by atoms with Crippen molar-refractivity contribution in [1.82, 2.24) is 10.2 Å². The lowest BCUT2D eigenvalue weighted by atomic mass is 10.1. The number of nitrogens with zero attached hydrogens (tertiary/aromatic N) is 1. The zero-order valence-electron chi connectivity index (χ0n) is 12.6. The number of hydrogen-bond acceptors (Lipinski definition) is 3. The summed E-state index contributed by atoms with van der Waals surface area (Å²) in [4.78, 5) is 16.8. The summed E-state index contributed by atoms with van der Waals surface area (Å²) in [7, 11) is 0. The monoisotopic (exact) mass is 304 g/mol. The Morgan fingerprint density at radius 3 is 2.95 bits per heavy atom. The van der Waals surface area contributed by atoms with Crippen LogP contribution in [0.4, 0.5) is 0 Å². The van der Waals surface area contributed by atoms with Crippen LogP contribution in [-0.4, -0.2) is 37.0 Å². The highest BCUT2D eigenvalue weighted by atomic mass is 32.1. The lowest BCUT2D eigenvalue weighted by Crippen LogP contribution is -2.33. The molecule has 2 aliphatic rings. The van der Waals surface area contributed by atoms with Crippen LogP contribution in [0.1, 0.15) is 52.2 Å². The second kappa shape index (κ2) is 7.23. The minimum atomic E-state index is 0.0986. The molecule has 0 spiro atoms. The molecule has 2 heterocycles. The fourth-order valence-electron chi connectivity index (χ4n) is 3.10. The maximum atomic E-state index is 12.2. The molecule has 0 aromatic carbocycles. The Morgan fingerprint density at radius 2 is 2.14 bits per heavy atom. The van der Waals surface area contributed by atoms with Crippen molar-refractivity contribution in [3.05, 3.63) is 27.5 Å². The molecule has 1 aliphatic carbocycles. The highest BCUT2D eigenvalue weighted by molar-refractivity contribution is 7.15. The van der Waals surface area contributed by atoms with Crippen LogP contribution in [0.15, 0.2) is 12.1 Å². The SMILES string of the molecule is O=C(NCCCN1CCCCC1)c1cc2c(s1)C=CCC2. The summed E-state index contributed by atoms with van der Waals surface area (Å²) in [6, 6.07) is 2.07. The summed E-state index contributed by atoms with van der Waals surface area (Å²) in [5.74, 6) is 0.0986. The molecule has 1 aromatic rings. The van der Waals surface area contributed by atoms with Crippen LogP contribution in [0.3, 0.4) is 0 Å². The molecule has 1 fully saturated rings. The number of hydrogen-bond donors (Lipinski definition) is 1. The van der Waals surface area contributed by atoms with Crippen molar-refractivity contribution in [2.75, 3.05) is 26.2 Å². The van der Waals surface area contributed by atoms with E-state index in [1.54, 1.807) is 11.3 Å². The van der Waals surface area contributed by atoms with Gasteiger partial charge >= 0.3 is 0 Å². The van der Waals surface area contributed by atoms with E-state index >= 15 is 0 Å². The topological polar surface area (TPSA) is 32.3 Å². The second-order valence-corrected chi connectivity index (χ2v) is 7.04. The molecule has 0 atom stereocenters. The van der Waals surface area contributed by atoms with E-state index in [1.165, 1.54) is 42.8 Å². The van der Waals surface area contributed by atoms with Gasteiger partial charge in [-0.15, -0.1) is 11.3 Å². The molecule has 1 aliphatic heterocycles. The van der Waals surface area contributed by atoms with E-state index in [0.717, 1.165) is 37.2 Å². The van der Waals surface area contributed by atoms with Gasteiger partial charge in [0.05, 0.1) is 4.88 Å². The van der Waals surface area contributed by atoms with Crippen molar-refractivity contribution < 1.29 is 4.79 Å². The molecule has 3 nitrogen and oxygen atoms in total. The third-order valence-corrected chi connectivity index (χ3v) is 5.44. The largest absolute Gasteiger partial charge is 0.351 e. The Kier molecular flexibility index (Phi) is 5.09. The number of allylic oxidation sites excluding steroid dienone is 1. The van der Waals surface area contributed by atoms with Crippen LogP contribution in [-0.2, 0) is 6.42 Å². The molecule has 114 valence electrons. The van der Waals surface area contributed by atoms with E-state index in [0.29, 0.717) is 0 Å². The van der Waals surface area contributed by atoms with Crippen molar-refractivity contribution in [2.24, 2.45) is 0 Å². The van der Waals surface area contributed by atoms with Crippen molar-refractivity contribution in [3.63, 3.8) is 0 Å². The minimum absolute atomic E-state index is 0.0986. The predicted molar refractivity (Wildman–Crippen MR) is 88.9 cm³/mol. The van der Waals surface area contributed by atoms with E-state index in [2.05, 4.69) is 28.4 Å². The number of aryl methyl sites for hydroxylation is 1. The molecule has 0 bridgehead atoms. The molecule has 1 amide bonds. The number of fused-ring (bicyclic) bond motifs is 1. The fourth-order valence-corrected chi connectivity index (χ4v) is 4.15. The van der Waals surface area contributed by atoms with E-state index < -0.39 is 0 Å². The highest BCUT2D eigenvalue weighted by Gasteiger charge is 2.15. The van der Waals surface area contributed by atoms with Gasteiger partial charge in [-0.05, 0) is 69.4 Å². The normalized spacial score (nSPS) is 18.5. The second-order valence-electron chi connectivity index (χ2n) is 5.95. The number of carbonyl (C=O) groups is 1. The minimum Gasteiger partial charge on any atom is -0.351 e. The zero-order valence-corrected chi connectivity index (χ0v) is 13.4. The third-order valence-electron chi connectivity index (χ3n) is 4.30. The lowest BCUT2D eigenvalue weighted by Gasteiger charge is -2.26. The Labute approximate surface area is 131 Å². The first-order chi connectivity index (χ1) is 10.3. The van der Waals surface area contributed by atoms with E-state index in [-0.39, 0.29) is 5.91 Å². The molecule has 1 aromatic heterocycles. The average Bonchev–Trinajstić information content (AvgIpc) is 2.96. The molecule has 21 heavy (non-hydrogen) atoms. The maximum absolute atomic E-state index is 12.2. The summed E-state index contributed by atoms with van der Waals surface area (Å²) in [6.07, 6.45) is 11.6. The Hall–Kier alpha value is -1.13. The molecule has 4 heteroatoms. The van der Waals surface area contributed by atoms with E-state index in [9.17, 15) is 4.79 Å². The first-order valence-electron chi connectivity index (χ1n) is 8.13. The third kappa shape index (κ3) is 3.95. The molecular weight excluding hydrogens is 280 g/mol. The predicted octanol–water partition coefficient (Wildman–Crippen LogP) is 3.31. The van der Waals surface area contributed by atoms with Gasteiger partial charge in [-0.25, -0.2) is 0 Å². The maximum Gasteiger partial charge on any atom is 0.261 e. The van der Waals surface area contributed by atoms with Gasteiger partial charge in [0.15, 0.2) is 0 Å². The first-order valence-corrected chi connectivity index (χ1v) is 8.94. The number of thiophene rings is 1. The van der Waals surface area contributed by atoms with Gasteiger partial charge in [-0.3, -0.25) is 4.79 Å². The first kappa shape index (κ1) is 14.8. The van der Waals surface area contributed by atoms with Gasteiger partial charge in [0.1, 0.15) is 0 Å². The van der Waals surface area contributed by atoms with E-state index in [1.807, 2.05) is 0 Å². The van der Waals surface area contributed by atoms with Crippen molar-refractivity contribution in [1.29, 1.82) is 0 Å². The summed E-state index contributed by atoms with van der Waals surface area (Å²) in [5.41, 5.74) is 1.33. The van der Waals surface area contributed by atoms with Gasteiger partial charge in [-0.2, -0.15) is 0 Å². The smallest absolute Gasteiger partial charge is 0.261 e. The standard InChI is InChI=1S/C17H24N2OS/c20-17(16-13-14-7-2-3-8-15(14)21-16)18-9-6-12-19-10-4-1-5-11-19/h3,8,13H,1-2,4-7,9-12H2,(H,18,20). The number of piperidine rings is 1. The fraction of sp³-hybridized carbons (Fsp3) is 0.588. The Balaban J connectivity index is 1.41. The number of rotatable bonds is 5. The Bertz CT molecular complexity index is 515.